The SMILES string of the molecule is CCCC(N)CNc1cc(CC)nc(C)n1. The van der Waals surface area contributed by atoms with Gasteiger partial charge < -0.3 is 11.1 Å². The summed E-state index contributed by atoms with van der Waals surface area (Å²) in [6.45, 7) is 6.92. The van der Waals surface area contributed by atoms with Crippen LogP contribution in [0.25, 0.3) is 0 Å². The highest BCUT2D eigenvalue weighted by Gasteiger charge is 2.03. The Kier molecular flexibility index (Phi) is 5.19. The molecule has 90 valence electrons. The third kappa shape index (κ3) is 4.14. The van der Waals surface area contributed by atoms with E-state index in [2.05, 4.69) is 29.1 Å². The molecule has 0 amide bonds. The van der Waals surface area contributed by atoms with Crippen LogP contribution in [0.2, 0.25) is 0 Å². The molecule has 0 spiro atoms. The van der Waals surface area contributed by atoms with Gasteiger partial charge in [0.2, 0.25) is 0 Å². The van der Waals surface area contributed by atoms with Gasteiger partial charge in [-0.2, -0.15) is 0 Å². The number of aromatic nitrogens is 2. The maximum atomic E-state index is 5.93. The first kappa shape index (κ1) is 12.9. The smallest absolute Gasteiger partial charge is 0.129 e. The molecule has 1 rings (SSSR count). The van der Waals surface area contributed by atoms with E-state index in [1.165, 1.54) is 0 Å². The van der Waals surface area contributed by atoms with Gasteiger partial charge in [-0.25, -0.2) is 9.97 Å². The largest absolute Gasteiger partial charge is 0.368 e. The Bertz CT molecular complexity index is 325. The van der Waals surface area contributed by atoms with Crippen LogP contribution in [0.3, 0.4) is 0 Å². The summed E-state index contributed by atoms with van der Waals surface area (Å²) in [6.07, 6.45) is 3.09. The molecule has 0 aromatic carbocycles. The molecule has 0 aliphatic rings. The summed E-state index contributed by atoms with van der Waals surface area (Å²) in [5.41, 5.74) is 7.00. The van der Waals surface area contributed by atoms with Crippen LogP contribution in [-0.4, -0.2) is 22.6 Å². The van der Waals surface area contributed by atoms with E-state index in [1.54, 1.807) is 0 Å². The van der Waals surface area contributed by atoms with Crippen molar-refractivity contribution in [2.45, 2.75) is 46.1 Å². The lowest BCUT2D eigenvalue weighted by atomic mass is 10.2. The molecule has 1 aromatic heterocycles. The van der Waals surface area contributed by atoms with Gasteiger partial charge in [0.25, 0.3) is 0 Å². The molecule has 0 fully saturated rings. The highest BCUT2D eigenvalue weighted by atomic mass is 15.0. The van der Waals surface area contributed by atoms with Crippen molar-refractivity contribution in [2.24, 2.45) is 5.73 Å². The van der Waals surface area contributed by atoms with Crippen LogP contribution in [0.4, 0.5) is 5.82 Å². The fourth-order valence-electron chi connectivity index (χ4n) is 1.61. The average Bonchev–Trinajstić information content (AvgIpc) is 2.26. The molecule has 0 radical (unpaired) electrons. The van der Waals surface area contributed by atoms with Crippen LogP contribution in [0.15, 0.2) is 6.07 Å². The molecule has 1 atom stereocenters. The van der Waals surface area contributed by atoms with Gasteiger partial charge in [0.05, 0.1) is 0 Å². The fourth-order valence-corrected chi connectivity index (χ4v) is 1.61. The molecule has 0 aliphatic heterocycles. The fraction of sp³-hybridized carbons (Fsp3) is 0.667. The van der Waals surface area contributed by atoms with Crippen molar-refractivity contribution < 1.29 is 0 Å². The Labute approximate surface area is 97.7 Å². The zero-order valence-electron chi connectivity index (χ0n) is 10.5. The Hall–Kier alpha value is -1.16. The summed E-state index contributed by atoms with van der Waals surface area (Å²) in [5.74, 6) is 1.70. The summed E-state index contributed by atoms with van der Waals surface area (Å²) in [7, 11) is 0. The van der Waals surface area contributed by atoms with Crippen LogP contribution in [0.1, 0.15) is 38.2 Å². The quantitative estimate of drug-likeness (QED) is 0.771. The molecule has 1 heterocycles. The Morgan fingerprint density at radius 2 is 2.12 bits per heavy atom. The van der Waals surface area contributed by atoms with E-state index in [-0.39, 0.29) is 6.04 Å². The van der Waals surface area contributed by atoms with E-state index in [1.807, 2.05) is 13.0 Å². The van der Waals surface area contributed by atoms with Crippen molar-refractivity contribution in [1.29, 1.82) is 0 Å². The van der Waals surface area contributed by atoms with Gasteiger partial charge in [-0.05, 0) is 19.8 Å². The molecule has 0 saturated carbocycles. The lowest BCUT2D eigenvalue weighted by Gasteiger charge is -2.12. The van der Waals surface area contributed by atoms with Crippen LogP contribution in [0, 0.1) is 6.92 Å². The average molecular weight is 222 g/mol. The third-order valence-corrected chi connectivity index (χ3v) is 2.46. The minimum absolute atomic E-state index is 0.199. The molecule has 3 N–H and O–H groups in total. The highest BCUT2D eigenvalue weighted by Crippen LogP contribution is 2.07. The first-order valence-electron chi connectivity index (χ1n) is 5.99. The normalized spacial score (nSPS) is 12.5. The maximum absolute atomic E-state index is 5.93. The van der Waals surface area contributed by atoms with Gasteiger partial charge in [-0.1, -0.05) is 20.3 Å². The van der Waals surface area contributed by atoms with E-state index in [0.29, 0.717) is 0 Å². The first-order chi connectivity index (χ1) is 7.65. The van der Waals surface area contributed by atoms with Crippen LogP contribution < -0.4 is 11.1 Å². The first-order valence-corrected chi connectivity index (χ1v) is 5.99. The van der Waals surface area contributed by atoms with Crippen molar-refractivity contribution in [3.63, 3.8) is 0 Å². The topological polar surface area (TPSA) is 63.8 Å². The number of hydrogen-bond donors (Lipinski definition) is 2. The molecule has 16 heavy (non-hydrogen) atoms. The van der Waals surface area contributed by atoms with Gasteiger partial charge in [0.15, 0.2) is 0 Å². The van der Waals surface area contributed by atoms with Crippen molar-refractivity contribution in [1.82, 2.24) is 9.97 Å². The highest BCUT2D eigenvalue weighted by molar-refractivity contribution is 5.36. The van der Waals surface area contributed by atoms with E-state index >= 15 is 0 Å². The number of nitrogens with one attached hydrogen (secondary N) is 1. The van der Waals surface area contributed by atoms with Crippen molar-refractivity contribution in [2.75, 3.05) is 11.9 Å². The van der Waals surface area contributed by atoms with Crippen molar-refractivity contribution in [3.8, 4) is 0 Å². The van der Waals surface area contributed by atoms with Gasteiger partial charge in [0, 0.05) is 24.3 Å². The third-order valence-electron chi connectivity index (χ3n) is 2.46. The molecule has 4 heteroatoms. The van der Waals surface area contributed by atoms with Gasteiger partial charge in [-0.15, -0.1) is 0 Å². The lowest BCUT2D eigenvalue weighted by molar-refractivity contribution is 0.625. The molecular weight excluding hydrogens is 200 g/mol. The number of hydrogen-bond acceptors (Lipinski definition) is 4. The number of rotatable bonds is 6. The number of nitrogens with two attached hydrogens (primary N) is 1. The van der Waals surface area contributed by atoms with Crippen molar-refractivity contribution in [3.05, 3.63) is 17.6 Å². The van der Waals surface area contributed by atoms with Crippen LogP contribution in [0.5, 0.6) is 0 Å². The predicted octanol–water partition coefficient (Wildman–Crippen LogP) is 1.89. The minimum atomic E-state index is 0.199. The zero-order valence-corrected chi connectivity index (χ0v) is 10.5. The van der Waals surface area contributed by atoms with E-state index in [0.717, 1.165) is 43.1 Å². The molecule has 4 nitrogen and oxygen atoms in total. The monoisotopic (exact) mass is 222 g/mol. The van der Waals surface area contributed by atoms with E-state index < -0.39 is 0 Å². The molecule has 0 saturated heterocycles. The second-order valence-electron chi connectivity index (χ2n) is 4.07. The predicted molar refractivity (Wildman–Crippen MR) is 67.5 cm³/mol. The molecule has 1 unspecified atom stereocenters. The Morgan fingerprint density at radius 3 is 2.75 bits per heavy atom. The maximum Gasteiger partial charge on any atom is 0.129 e. The van der Waals surface area contributed by atoms with Gasteiger partial charge in [-0.3, -0.25) is 0 Å². The number of anilines is 1. The molecule has 1 aromatic rings. The number of aryl methyl sites for hydroxylation is 2. The van der Waals surface area contributed by atoms with Crippen LogP contribution in [-0.2, 0) is 6.42 Å². The summed E-state index contributed by atoms with van der Waals surface area (Å²) >= 11 is 0. The summed E-state index contributed by atoms with van der Waals surface area (Å²) in [6, 6.07) is 2.19. The van der Waals surface area contributed by atoms with E-state index in [4.69, 9.17) is 5.73 Å². The second kappa shape index (κ2) is 6.43. The molecule has 0 aliphatic carbocycles. The van der Waals surface area contributed by atoms with Crippen LogP contribution >= 0.6 is 0 Å². The van der Waals surface area contributed by atoms with Crippen molar-refractivity contribution >= 4 is 5.82 Å². The standard InChI is InChI=1S/C12H22N4/c1-4-6-10(13)8-14-12-7-11(5-2)15-9(3)16-12/h7,10H,4-6,8,13H2,1-3H3,(H,14,15,16). The lowest BCUT2D eigenvalue weighted by Crippen LogP contribution is -2.29. The summed E-state index contributed by atoms with van der Waals surface area (Å²) in [5, 5.41) is 3.27. The summed E-state index contributed by atoms with van der Waals surface area (Å²) in [4.78, 5) is 8.67. The van der Waals surface area contributed by atoms with Gasteiger partial charge in [0.1, 0.15) is 11.6 Å². The summed E-state index contributed by atoms with van der Waals surface area (Å²) < 4.78 is 0. The molecular formula is C12H22N4. The molecule has 0 bridgehead atoms. The second-order valence-corrected chi connectivity index (χ2v) is 4.07. The van der Waals surface area contributed by atoms with E-state index in [9.17, 15) is 0 Å². The minimum Gasteiger partial charge on any atom is -0.368 e. The number of nitrogens with zero attached hydrogens (tertiary/aromatic N) is 2. The Morgan fingerprint density at radius 1 is 1.38 bits per heavy atom. The van der Waals surface area contributed by atoms with Gasteiger partial charge >= 0.3 is 0 Å². The Balaban J connectivity index is 2.56. The zero-order chi connectivity index (χ0) is 12.0.